The van der Waals surface area contributed by atoms with Crippen LogP contribution in [0.3, 0.4) is 0 Å². The fourth-order valence-electron chi connectivity index (χ4n) is 4.71. The predicted octanol–water partition coefficient (Wildman–Crippen LogP) is 10.7. The van der Waals surface area contributed by atoms with Gasteiger partial charge in [0.2, 0.25) is 0 Å². The first-order chi connectivity index (χ1) is 24.8. The van der Waals surface area contributed by atoms with Gasteiger partial charge in [-0.3, -0.25) is 18.6 Å². The van der Waals surface area contributed by atoms with Gasteiger partial charge in [0.1, 0.15) is 6.61 Å². The highest BCUT2D eigenvalue weighted by atomic mass is 31.2. The molecule has 3 N–H and O–H groups in total. The highest BCUT2D eigenvalue weighted by Crippen LogP contribution is 2.43. The molecule has 0 radical (unpaired) electrons. The van der Waals surface area contributed by atoms with E-state index in [1.54, 1.807) is 0 Å². The van der Waals surface area contributed by atoms with Crippen LogP contribution in [0.4, 0.5) is 0 Å². The second-order valence-electron chi connectivity index (χ2n) is 12.4. The first-order valence-electron chi connectivity index (χ1n) is 19.4. The number of allylic oxidation sites excluding steroid dienone is 12. The maximum atomic E-state index is 12.5. The van der Waals surface area contributed by atoms with Gasteiger partial charge < -0.3 is 20.1 Å². The van der Waals surface area contributed by atoms with E-state index in [1.807, 2.05) is 0 Å². The van der Waals surface area contributed by atoms with Gasteiger partial charge in [0, 0.05) is 19.4 Å². The van der Waals surface area contributed by atoms with Crippen molar-refractivity contribution < 1.29 is 37.6 Å². The van der Waals surface area contributed by atoms with Gasteiger partial charge >= 0.3 is 19.8 Å². The smallest absolute Gasteiger partial charge is 0.462 e. The summed E-state index contributed by atoms with van der Waals surface area (Å²) in [5, 5.41) is 0. The van der Waals surface area contributed by atoms with Gasteiger partial charge in [-0.1, -0.05) is 119 Å². The minimum absolute atomic E-state index is 0.0414. The van der Waals surface area contributed by atoms with Crippen molar-refractivity contribution in [1.29, 1.82) is 0 Å². The molecular weight excluding hydrogens is 665 g/mol. The van der Waals surface area contributed by atoms with E-state index < -0.39 is 32.5 Å². The number of nitrogens with two attached hydrogens (primary N) is 1. The number of hydrogen-bond acceptors (Lipinski definition) is 8. The summed E-state index contributed by atoms with van der Waals surface area (Å²) in [5.74, 6) is -0.902. The fourth-order valence-corrected chi connectivity index (χ4v) is 5.48. The molecule has 1 unspecified atom stereocenters. The third kappa shape index (κ3) is 37.0. The molecule has 0 aromatic carbocycles. The molecule has 0 aliphatic carbocycles. The lowest BCUT2D eigenvalue weighted by molar-refractivity contribution is -0.161. The van der Waals surface area contributed by atoms with Crippen LogP contribution < -0.4 is 5.73 Å². The Morgan fingerprint density at radius 2 is 1.08 bits per heavy atom. The number of carbonyl (C=O) groups excluding carboxylic acids is 2. The Morgan fingerprint density at radius 1 is 0.608 bits per heavy atom. The van der Waals surface area contributed by atoms with Crippen LogP contribution in [0.2, 0.25) is 0 Å². The lowest BCUT2D eigenvalue weighted by Gasteiger charge is -2.19. The summed E-state index contributed by atoms with van der Waals surface area (Å²) < 4.78 is 32.6. The molecule has 0 amide bonds. The molecule has 0 heterocycles. The SMILES string of the molecule is CC/C=C/C/C=C/C/C=C/C/C=C/CCCCC(=O)OC[C@H](COP(=O)(O)OCCN)OC(=O)CCCCCCC/C=C/C/C=C/CCCCC. The summed E-state index contributed by atoms with van der Waals surface area (Å²) in [5.41, 5.74) is 5.33. The molecule has 0 saturated carbocycles. The molecule has 292 valence electrons. The zero-order valence-corrected chi connectivity index (χ0v) is 32.7. The number of hydrogen-bond donors (Lipinski definition) is 2. The lowest BCUT2D eigenvalue weighted by Crippen LogP contribution is -2.29. The Bertz CT molecular complexity index is 1070. The Hall–Kier alpha value is -2.55. The Morgan fingerprint density at radius 3 is 1.65 bits per heavy atom. The first-order valence-corrected chi connectivity index (χ1v) is 20.9. The number of phosphoric ester groups is 1. The number of esters is 2. The largest absolute Gasteiger partial charge is 0.472 e. The van der Waals surface area contributed by atoms with Gasteiger partial charge in [-0.25, -0.2) is 4.57 Å². The van der Waals surface area contributed by atoms with E-state index in [9.17, 15) is 19.0 Å². The van der Waals surface area contributed by atoms with Crippen molar-refractivity contribution >= 4 is 19.8 Å². The number of unbranched alkanes of at least 4 members (excludes halogenated alkanes) is 10. The summed E-state index contributed by atoms with van der Waals surface area (Å²) in [6.45, 7) is 3.49. The van der Waals surface area contributed by atoms with E-state index >= 15 is 0 Å². The van der Waals surface area contributed by atoms with E-state index in [4.69, 9.17) is 24.3 Å². The normalized spacial score (nSPS) is 14.2. The van der Waals surface area contributed by atoms with Crippen molar-refractivity contribution in [2.75, 3.05) is 26.4 Å². The zero-order chi connectivity index (χ0) is 37.5. The number of ether oxygens (including phenoxy) is 2. The average Bonchev–Trinajstić information content (AvgIpc) is 3.11. The molecule has 0 bridgehead atoms. The first kappa shape index (κ1) is 48.5. The monoisotopic (exact) mass is 735 g/mol. The van der Waals surface area contributed by atoms with Gasteiger partial charge in [0.05, 0.1) is 13.2 Å². The summed E-state index contributed by atoms with van der Waals surface area (Å²) in [4.78, 5) is 34.7. The molecular formula is C41H70NO8P. The summed E-state index contributed by atoms with van der Waals surface area (Å²) in [7, 11) is -4.39. The van der Waals surface area contributed by atoms with Crippen LogP contribution in [0.5, 0.6) is 0 Å². The van der Waals surface area contributed by atoms with Gasteiger partial charge in [-0.2, -0.15) is 0 Å². The van der Waals surface area contributed by atoms with Crippen LogP contribution in [0, 0.1) is 0 Å². The average molecular weight is 736 g/mol. The highest BCUT2D eigenvalue weighted by molar-refractivity contribution is 7.47. The van der Waals surface area contributed by atoms with Crippen molar-refractivity contribution in [3.63, 3.8) is 0 Å². The topological polar surface area (TPSA) is 134 Å². The Labute approximate surface area is 310 Å². The summed E-state index contributed by atoms with van der Waals surface area (Å²) in [6.07, 6.45) is 43.6. The van der Waals surface area contributed by atoms with Crippen LogP contribution in [-0.2, 0) is 32.7 Å². The van der Waals surface area contributed by atoms with E-state index in [0.717, 1.165) is 77.0 Å². The van der Waals surface area contributed by atoms with Crippen molar-refractivity contribution in [3.8, 4) is 0 Å². The molecule has 0 spiro atoms. The molecule has 0 aliphatic heterocycles. The third-order valence-electron chi connectivity index (χ3n) is 7.58. The quantitative estimate of drug-likeness (QED) is 0.0282. The highest BCUT2D eigenvalue weighted by Gasteiger charge is 2.25. The minimum atomic E-state index is -4.39. The van der Waals surface area contributed by atoms with E-state index in [0.29, 0.717) is 12.8 Å². The minimum Gasteiger partial charge on any atom is -0.462 e. The van der Waals surface area contributed by atoms with Crippen LogP contribution >= 0.6 is 7.82 Å². The number of carbonyl (C=O) groups is 2. The van der Waals surface area contributed by atoms with Crippen LogP contribution in [0.25, 0.3) is 0 Å². The molecule has 0 aromatic heterocycles. The summed E-state index contributed by atoms with van der Waals surface area (Å²) in [6, 6.07) is 0. The van der Waals surface area contributed by atoms with E-state index in [2.05, 4.69) is 86.8 Å². The molecule has 2 atom stereocenters. The van der Waals surface area contributed by atoms with E-state index in [-0.39, 0.29) is 32.6 Å². The molecule has 10 heteroatoms. The maximum Gasteiger partial charge on any atom is 0.472 e. The molecule has 0 aromatic rings. The Balaban J connectivity index is 4.33. The number of rotatable bonds is 35. The second-order valence-corrected chi connectivity index (χ2v) is 13.9. The molecule has 0 saturated heterocycles. The van der Waals surface area contributed by atoms with Crippen molar-refractivity contribution in [2.24, 2.45) is 5.73 Å². The van der Waals surface area contributed by atoms with Gasteiger partial charge in [-0.05, 0) is 83.5 Å². The summed E-state index contributed by atoms with van der Waals surface area (Å²) >= 11 is 0. The van der Waals surface area contributed by atoms with Crippen molar-refractivity contribution in [1.82, 2.24) is 0 Å². The van der Waals surface area contributed by atoms with Gasteiger partial charge in [0.25, 0.3) is 0 Å². The molecule has 0 rings (SSSR count). The maximum absolute atomic E-state index is 12.5. The number of phosphoric acid groups is 1. The molecule has 0 fully saturated rings. The predicted molar refractivity (Wildman–Crippen MR) is 210 cm³/mol. The lowest BCUT2D eigenvalue weighted by atomic mass is 10.1. The van der Waals surface area contributed by atoms with Gasteiger partial charge in [-0.15, -0.1) is 0 Å². The fraction of sp³-hybridized carbons (Fsp3) is 0.659. The van der Waals surface area contributed by atoms with E-state index in [1.165, 1.54) is 25.7 Å². The third-order valence-corrected chi connectivity index (χ3v) is 8.56. The van der Waals surface area contributed by atoms with Crippen LogP contribution in [0.1, 0.15) is 142 Å². The Kier molecular flexibility index (Phi) is 35.4. The van der Waals surface area contributed by atoms with Crippen molar-refractivity contribution in [2.45, 2.75) is 148 Å². The zero-order valence-electron chi connectivity index (χ0n) is 31.8. The van der Waals surface area contributed by atoms with Gasteiger partial charge in [0.15, 0.2) is 6.10 Å². The molecule has 0 aliphatic rings. The standard InChI is InChI=1S/C41H70NO8P/c1-3-5-7-9-11-13-15-17-19-21-23-25-27-29-31-33-40(43)47-37-39(38-49-51(45,46)48-36-35-42)50-41(44)34-32-30-28-26-24-22-20-18-16-14-12-10-8-6-4-2/h5,7,11-14,17-20,23,25,39H,3-4,6,8-10,15-16,21-22,24,26-38,42H2,1-2H3,(H,45,46)/b7-5+,13-11+,14-12+,19-17+,20-18+,25-23+/t39-/m1/s1. The molecule has 9 nitrogen and oxygen atoms in total. The van der Waals surface area contributed by atoms with Crippen molar-refractivity contribution in [3.05, 3.63) is 72.9 Å². The van der Waals surface area contributed by atoms with Crippen LogP contribution in [0.15, 0.2) is 72.9 Å². The second kappa shape index (κ2) is 37.2. The van der Waals surface area contributed by atoms with Crippen LogP contribution in [-0.4, -0.2) is 49.3 Å². The molecule has 51 heavy (non-hydrogen) atoms.